The second kappa shape index (κ2) is 9.42. The Kier molecular flexibility index (Phi) is 6.19. The lowest BCUT2D eigenvalue weighted by molar-refractivity contribution is -0.122. The lowest BCUT2D eigenvalue weighted by Crippen LogP contribution is -2.54. The summed E-state index contributed by atoms with van der Waals surface area (Å²) in [4.78, 5) is 41.5. The number of urea groups is 1. The van der Waals surface area contributed by atoms with Gasteiger partial charge in [0.15, 0.2) is 0 Å². The summed E-state index contributed by atoms with van der Waals surface area (Å²) >= 11 is 2.15. The van der Waals surface area contributed by atoms with Gasteiger partial charge in [0.25, 0.3) is 11.8 Å². The van der Waals surface area contributed by atoms with E-state index in [1.165, 1.54) is 16.8 Å². The van der Waals surface area contributed by atoms with Crippen LogP contribution in [0.4, 0.5) is 16.2 Å². The fourth-order valence-corrected chi connectivity index (χ4v) is 4.76. The van der Waals surface area contributed by atoms with Gasteiger partial charge in [-0.05, 0) is 94.6 Å². The van der Waals surface area contributed by atoms with Crippen LogP contribution < -0.4 is 15.1 Å². The molecule has 0 bridgehead atoms. The van der Waals surface area contributed by atoms with E-state index in [4.69, 9.17) is 0 Å². The quantitative estimate of drug-likeness (QED) is 0.278. The van der Waals surface area contributed by atoms with Crippen LogP contribution in [-0.2, 0) is 22.6 Å². The maximum atomic E-state index is 13.1. The molecule has 2 aliphatic heterocycles. The highest BCUT2D eigenvalue weighted by Gasteiger charge is 2.36. The van der Waals surface area contributed by atoms with Gasteiger partial charge in [-0.15, -0.1) is 0 Å². The number of nitrogens with zero attached hydrogens (tertiary/aromatic N) is 2. The Balaban J connectivity index is 1.43. The van der Waals surface area contributed by atoms with Crippen LogP contribution in [0.3, 0.4) is 0 Å². The summed E-state index contributed by atoms with van der Waals surface area (Å²) < 4.78 is 0.980. The van der Waals surface area contributed by atoms with Crippen molar-refractivity contribution in [3.05, 3.63) is 98.6 Å². The Hall–Kier alpha value is -3.46. The van der Waals surface area contributed by atoms with Gasteiger partial charge in [0.1, 0.15) is 5.57 Å². The third-order valence-electron chi connectivity index (χ3n) is 6.03. The van der Waals surface area contributed by atoms with Crippen molar-refractivity contribution < 1.29 is 14.4 Å². The maximum absolute atomic E-state index is 13.1. The summed E-state index contributed by atoms with van der Waals surface area (Å²) in [6.07, 6.45) is 3.54. The highest BCUT2D eigenvalue weighted by atomic mass is 127. The summed E-state index contributed by atoms with van der Waals surface area (Å²) in [6.45, 7) is 1.82. The standard InChI is InChI=1S/C27H22IN3O3/c28-21-9-11-22(12-10-21)31-26(33)23(25(32)29-27(31)34)16-19-8-13-24-20(15-19)7-4-14-30(24)17-18-5-2-1-3-6-18/h1-3,5-6,8-13,15-16H,4,7,14,17H2,(H,29,32,34). The Labute approximate surface area is 211 Å². The lowest BCUT2D eigenvalue weighted by atomic mass is 9.97. The normalized spacial score (nSPS) is 17.1. The number of hydrogen-bond donors (Lipinski definition) is 1. The molecule has 0 radical (unpaired) electrons. The molecule has 170 valence electrons. The fraction of sp³-hybridized carbons (Fsp3) is 0.148. The topological polar surface area (TPSA) is 69.7 Å². The molecule has 7 heteroatoms. The second-order valence-corrected chi connectivity index (χ2v) is 9.58. The van der Waals surface area contributed by atoms with Gasteiger partial charge in [-0.1, -0.05) is 36.4 Å². The smallest absolute Gasteiger partial charge is 0.335 e. The molecule has 0 spiro atoms. The van der Waals surface area contributed by atoms with Crippen molar-refractivity contribution in [2.45, 2.75) is 19.4 Å². The number of imide groups is 2. The predicted octanol–water partition coefficient (Wildman–Crippen LogP) is 4.91. The Bertz CT molecular complexity index is 1300. The van der Waals surface area contributed by atoms with Gasteiger partial charge in [-0.25, -0.2) is 9.69 Å². The number of fused-ring (bicyclic) bond motifs is 1. The van der Waals surface area contributed by atoms with Crippen LogP contribution in [-0.4, -0.2) is 24.4 Å². The number of aryl methyl sites for hydroxylation is 1. The van der Waals surface area contributed by atoms with E-state index in [0.29, 0.717) is 5.69 Å². The van der Waals surface area contributed by atoms with Gasteiger partial charge in [-0.2, -0.15) is 0 Å². The van der Waals surface area contributed by atoms with Crippen molar-refractivity contribution in [3.8, 4) is 0 Å². The largest absolute Gasteiger partial charge is 0.367 e. The number of benzene rings is 3. The summed E-state index contributed by atoms with van der Waals surface area (Å²) in [5.74, 6) is -1.31. The molecule has 1 saturated heterocycles. The van der Waals surface area contributed by atoms with E-state index in [0.717, 1.165) is 40.0 Å². The summed E-state index contributed by atoms with van der Waals surface area (Å²) in [5, 5.41) is 2.29. The minimum atomic E-state index is -0.740. The molecule has 0 unspecified atom stereocenters. The number of anilines is 2. The maximum Gasteiger partial charge on any atom is 0.335 e. The van der Waals surface area contributed by atoms with E-state index in [-0.39, 0.29) is 5.57 Å². The molecule has 0 saturated carbocycles. The van der Waals surface area contributed by atoms with Crippen molar-refractivity contribution >= 4 is 57.9 Å². The number of halogens is 1. The molecule has 2 aliphatic rings. The number of amides is 4. The summed E-state index contributed by atoms with van der Waals surface area (Å²) in [7, 11) is 0. The van der Waals surface area contributed by atoms with Gasteiger partial charge in [0.2, 0.25) is 0 Å². The molecule has 3 aromatic carbocycles. The van der Waals surface area contributed by atoms with Crippen LogP contribution in [0.2, 0.25) is 0 Å². The number of rotatable bonds is 4. The van der Waals surface area contributed by atoms with E-state index in [1.54, 1.807) is 30.3 Å². The van der Waals surface area contributed by atoms with Gasteiger partial charge >= 0.3 is 6.03 Å². The summed E-state index contributed by atoms with van der Waals surface area (Å²) in [5.41, 5.74) is 4.73. The van der Waals surface area contributed by atoms with Crippen molar-refractivity contribution in [3.63, 3.8) is 0 Å². The first kappa shape index (κ1) is 22.3. The molecule has 1 fully saturated rings. The fourth-order valence-electron chi connectivity index (χ4n) is 4.40. The van der Waals surface area contributed by atoms with Crippen molar-refractivity contribution in [2.24, 2.45) is 0 Å². The van der Waals surface area contributed by atoms with Crippen molar-refractivity contribution in [1.29, 1.82) is 0 Å². The molecule has 0 atom stereocenters. The van der Waals surface area contributed by atoms with E-state index >= 15 is 0 Å². The molecular weight excluding hydrogens is 541 g/mol. The van der Waals surface area contributed by atoms with E-state index < -0.39 is 17.8 Å². The molecular formula is C27H22IN3O3. The molecule has 1 N–H and O–H groups in total. The SMILES string of the molecule is O=C1NC(=O)N(c2ccc(I)cc2)C(=O)C1=Cc1ccc2c(c1)CCCN2Cc1ccccc1. The Morgan fingerprint density at radius 1 is 0.941 bits per heavy atom. The minimum Gasteiger partial charge on any atom is -0.367 e. The number of hydrogen-bond acceptors (Lipinski definition) is 4. The number of nitrogens with one attached hydrogen (secondary N) is 1. The predicted molar refractivity (Wildman–Crippen MR) is 140 cm³/mol. The van der Waals surface area contributed by atoms with Crippen molar-refractivity contribution in [1.82, 2.24) is 5.32 Å². The average molecular weight is 563 g/mol. The first-order valence-corrected chi connectivity index (χ1v) is 12.2. The number of carbonyl (C=O) groups is 3. The van der Waals surface area contributed by atoms with Crippen LogP contribution in [0, 0.1) is 3.57 Å². The Morgan fingerprint density at radius 2 is 1.71 bits per heavy atom. The van der Waals surface area contributed by atoms with Crippen LogP contribution in [0.25, 0.3) is 6.08 Å². The van der Waals surface area contributed by atoms with Gasteiger partial charge in [0, 0.05) is 22.3 Å². The van der Waals surface area contributed by atoms with E-state index in [2.05, 4.69) is 51.0 Å². The molecule has 0 aromatic heterocycles. The zero-order valence-electron chi connectivity index (χ0n) is 18.3. The molecule has 5 rings (SSSR count). The van der Waals surface area contributed by atoms with E-state index in [9.17, 15) is 14.4 Å². The molecule has 2 heterocycles. The number of barbiturate groups is 1. The molecule has 3 aromatic rings. The zero-order chi connectivity index (χ0) is 23.7. The Morgan fingerprint density at radius 3 is 2.47 bits per heavy atom. The van der Waals surface area contributed by atoms with Gasteiger partial charge in [-0.3, -0.25) is 14.9 Å². The zero-order valence-corrected chi connectivity index (χ0v) is 20.5. The van der Waals surface area contributed by atoms with E-state index in [1.807, 2.05) is 30.3 Å². The molecule has 4 amide bonds. The number of carbonyl (C=O) groups excluding carboxylic acids is 3. The third kappa shape index (κ3) is 4.48. The van der Waals surface area contributed by atoms with Crippen LogP contribution in [0.5, 0.6) is 0 Å². The monoisotopic (exact) mass is 563 g/mol. The highest BCUT2D eigenvalue weighted by Crippen LogP contribution is 2.31. The van der Waals surface area contributed by atoms with Crippen molar-refractivity contribution in [2.75, 3.05) is 16.3 Å². The molecule has 6 nitrogen and oxygen atoms in total. The summed E-state index contributed by atoms with van der Waals surface area (Å²) in [6, 6.07) is 22.6. The van der Waals surface area contributed by atoms with Gasteiger partial charge in [0.05, 0.1) is 5.69 Å². The highest BCUT2D eigenvalue weighted by molar-refractivity contribution is 14.1. The first-order valence-electron chi connectivity index (χ1n) is 11.1. The van der Waals surface area contributed by atoms with Crippen LogP contribution in [0.15, 0.2) is 78.4 Å². The molecule has 0 aliphatic carbocycles. The second-order valence-electron chi connectivity index (χ2n) is 8.33. The molecule has 34 heavy (non-hydrogen) atoms. The van der Waals surface area contributed by atoms with Crippen LogP contribution >= 0.6 is 22.6 Å². The average Bonchev–Trinajstić information content (AvgIpc) is 2.83. The van der Waals surface area contributed by atoms with Gasteiger partial charge < -0.3 is 4.90 Å². The van der Waals surface area contributed by atoms with Crippen LogP contribution in [0.1, 0.15) is 23.1 Å². The minimum absolute atomic E-state index is 0.0601. The third-order valence-corrected chi connectivity index (χ3v) is 6.75. The first-order chi connectivity index (χ1) is 16.5. The lowest BCUT2D eigenvalue weighted by Gasteiger charge is -2.32.